The van der Waals surface area contributed by atoms with E-state index in [0.29, 0.717) is 0 Å². The Morgan fingerprint density at radius 3 is 2.39 bits per heavy atom. The first-order valence-electron chi connectivity index (χ1n) is 4.47. The minimum absolute atomic E-state index is 0.582. The SMILES string of the molecule is [N-]=[N+]=NCC(O)C(O)C(O)C(=O)COP(=O)(O)O. The van der Waals surface area contributed by atoms with Gasteiger partial charge < -0.3 is 25.1 Å². The number of carbonyl (C=O) groups excluding carboxylic acids is 1. The lowest BCUT2D eigenvalue weighted by atomic mass is 10.1. The molecule has 3 atom stereocenters. The number of hydrogen-bond donors (Lipinski definition) is 5. The Labute approximate surface area is 100 Å². The van der Waals surface area contributed by atoms with Gasteiger partial charge in [0.1, 0.15) is 18.8 Å². The summed E-state index contributed by atoms with van der Waals surface area (Å²) in [7, 11) is -4.87. The second kappa shape index (κ2) is 7.41. The van der Waals surface area contributed by atoms with Gasteiger partial charge in [0, 0.05) is 4.91 Å². The van der Waals surface area contributed by atoms with Crippen LogP contribution in [-0.4, -0.2) is 62.4 Å². The number of hydrogen-bond acceptors (Lipinski definition) is 7. The lowest BCUT2D eigenvalue weighted by Gasteiger charge is -2.20. The molecule has 5 N–H and O–H groups in total. The molecule has 0 aliphatic carbocycles. The van der Waals surface area contributed by atoms with E-state index in [9.17, 15) is 24.7 Å². The van der Waals surface area contributed by atoms with Gasteiger partial charge in [-0.3, -0.25) is 9.32 Å². The van der Waals surface area contributed by atoms with E-state index >= 15 is 0 Å². The average molecular weight is 285 g/mol. The molecule has 0 amide bonds. The van der Waals surface area contributed by atoms with E-state index < -0.39 is 45.1 Å². The third kappa shape index (κ3) is 6.64. The summed E-state index contributed by atoms with van der Waals surface area (Å²) in [6.07, 6.45) is -5.79. The van der Waals surface area contributed by atoms with Gasteiger partial charge in [0.15, 0.2) is 5.78 Å². The molecule has 104 valence electrons. The highest BCUT2D eigenvalue weighted by Crippen LogP contribution is 2.35. The summed E-state index contributed by atoms with van der Waals surface area (Å²) in [5, 5.41) is 30.6. The normalized spacial score (nSPS) is 16.5. The summed E-state index contributed by atoms with van der Waals surface area (Å²) in [6, 6.07) is 0. The van der Waals surface area contributed by atoms with Crippen LogP contribution in [0.2, 0.25) is 0 Å². The van der Waals surface area contributed by atoms with Crippen LogP contribution >= 0.6 is 7.82 Å². The van der Waals surface area contributed by atoms with Gasteiger partial charge in [-0.15, -0.1) is 0 Å². The smallest absolute Gasteiger partial charge is 0.390 e. The number of carbonyl (C=O) groups is 1. The fourth-order valence-electron chi connectivity index (χ4n) is 0.862. The van der Waals surface area contributed by atoms with Crippen LogP contribution in [0.4, 0.5) is 0 Å². The van der Waals surface area contributed by atoms with E-state index in [4.69, 9.17) is 15.3 Å². The van der Waals surface area contributed by atoms with Gasteiger partial charge in [0.05, 0.1) is 12.6 Å². The molecule has 18 heavy (non-hydrogen) atoms. The molecule has 0 spiro atoms. The molecule has 0 saturated heterocycles. The summed E-state index contributed by atoms with van der Waals surface area (Å²) in [5.41, 5.74) is 7.95. The second-order valence-corrected chi connectivity index (χ2v) is 4.39. The number of phosphoric acid groups is 1. The molecule has 0 aliphatic rings. The van der Waals surface area contributed by atoms with Gasteiger partial charge in [-0.25, -0.2) is 4.57 Å². The molecule has 3 unspecified atom stereocenters. The van der Waals surface area contributed by atoms with E-state index in [2.05, 4.69) is 14.5 Å². The maximum Gasteiger partial charge on any atom is 0.470 e. The number of Topliss-reactive ketones (excluding diaryl/α,β-unsaturated/α-hetero) is 1. The highest BCUT2D eigenvalue weighted by molar-refractivity contribution is 7.46. The van der Waals surface area contributed by atoms with Gasteiger partial charge in [-0.1, -0.05) is 5.11 Å². The molecule has 0 aliphatic heterocycles. The predicted molar refractivity (Wildman–Crippen MR) is 55.0 cm³/mol. The van der Waals surface area contributed by atoms with Crippen molar-refractivity contribution in [3.05, 3.63) is 10.4 Å². The van der Waals surface area contributed by atoms with Crippen LogP contribution in [-0.2, 0) is 13.9 Å². The molecule has 0 heterocycles. The average Bonchev–Trinajstić information content (AvgIpc) is 2.29. The Hall–Kier alpha value is -1.03. The first-order valence-corrected chi connectivity index (χ1v) is 6.00. The van der Waals surface area contributed by atoms with E-state index in [0.717, 1.165) is 0 Å². The summed E-state index contributed by atoms with van der Waals surface area (Å²) < 4.78 is 14.1. The molecule has 11 nitrogen and oxygen atoms in total. The highest BCUT2D eigenvalue weighted by Gasteiger charge is 2.31. The van der Waals surface area contributed by atoms with Gasteiger partial charge >= 0.3 is 7.82 Å². The lowest BCUT2D eigenvalue weighted by molar-refractivity contribution is -0.140. The molecule has 12 heteroatoms. The highest BCUT2D eigenvalue weighted by atomic mass is 31.2. The van der Waals surface area contributed by atoms with Crippen LogP contribution < -0.4 is 0 Å². The van der Waals surface area contributed by atoms with Crippen molar-refractivity contribution in [2.24, 2.45) is 5.11 Å². The van der Waals surface area contributed by atoms with Crippen molar-refractivity contribution in [3.8, 4) is 0 Å². The largest absolute Gasteiger partial charge is 0.470 e. The Morgan fingerprint density at radius 1 is 1.39 bits per heavy atom. The monoisotopic (exact) mass is 285 g/mol. The maximum absolute atomic E-state index is 11.1. The minimum atomic E-state index is -4.87. The molecule has 0 rings (SSSR count). The molecule has 0 aromatic carbocycles. The van der Waals surface area contributed by atoms with Crippen LogP contribution in [0.5, 0.6) is 0 Å². The predicted octanol–water partition coefficient (Wildman–Crippen LogP) is -1.94. The third-order valence-corrected chi connectivity index (χ3v) is 2.22. The van der Waals surface area contributed by atoms with Crippen molar-refractivity contribution >= 4 is 13.6 Å². The molecule has 0 radical (unpaired) electrons. The molecular formula is C6H12N3O8P. The van der Waals surface area contributed by atoms with E-state index in [1.54, 1.807) is 0 Å². The van der Waals surface area contributed by atoms with Crippen LogP contribution in [0.25, 0.3) is 10.4 Å². The zero-order valence-electron chi connectivity index (χ0n) is 8.90. The molecule has 0 fully saturated rings. The van der Waals surface area contributed by atoms with E-state index in [1.165, 1.54) is 0 Å². The first kappa shape index (κ1) is 17.0. The summed E-state index contributed by atoms with van der Waals surface area (Å²) in [6.45, 7) is -1.72. The molecule has 0 bridgehead atoms. The fourth-order valence-corrected chi connectivity index (χ4v) is 1.16. The van der Waals surface area contributed by atoms with Crippen molar-refractivity contribution in [2.75, 3.05) is 13.2 Å². The van der Waals surface area contributed by atoms with E-state index in [-0.39, 0.29) is 0 Å². The van der Waals surface area contributed by atoms with Crippen LogP contribution in [0.15, 0.2) is 5.11 Å². The van der Waals surface area contributed by atoms with Crippen molar-refractivity contribution in [1.82, 2.24) is 0 Å². The Morgan fingerprint density at radius 2 is 1.94 bits per heavy atom. The third-order valence-electron chi connectivity index (χ3n) is 1.75. The number of phosphoric ester groups is 1. The second-order valence-electron chi connectivity index (χ2n) is 3.15. The van der Waals surface area contributed by atoms with Crippen molar-refractivity contribution < 1.29 is 39.0 Å². The summed E-state index contributed by atoms with van der Waals surface area (Å²) in [4.78, 5) is 30.0. The van der Waals surface area contributed by atoms with Gasteiger partial charge in [-0.05, 0) is 5.53 Å². The fraction of sp³-hybridized carbons (Fsp3) is 0.833. The topological polar surface area (TPSA) is 193 Å². The van der Waals surface area contributed by atoms with Gasteiger partial charge in [0.2, 0.25) is 0 Å². The van der Waals surface area contributed by atoms with Crippen LogP contribution in [0.1, 0.15) is 0 Å². The van der Waals surface area contributed by atoms with Crippen LogP contribution in [0.3, 0.4) is 0 Å². The zero-order valence-corrected chi connectivity index (χ0v) is 9.79. The molecule has 0 saturated carbocycles. The van der Waals surface area contributed by atoms with Gasteiger partial charge in [-0.2, -0.15) is 0 Å². The van der Waals surface area contributed by atoms with E-state index in [1.807, 2.05) is 0 Å². The quantitative estimate of drug-likeness (QED) is 0.147. The van der Waals surface area contributed by atoms with Gasteiger partial charge in [0.25, 0.3) is 0 Å². The first-order chi connectivity index (χ1) is 8.19. The molecule has 0 aromatic rings. The maximum atomic E-state index is 11.1. The van der Waals surface area contributed by atoms with Crippen molar-refractivity contribution in [1.29, 1.82) is 0 Å². The summed E-state index contributed by atoms with van der Waals surface area (Å²) >= 11 is 0. The Bertz CT molecular complexity index is 377. The van der Waals surface area contributed by atoms with Crippen molar-refractivity contribution in [2.45, 2.75) is 18.3 Å². The minimum Gasteiger partial charge on any atom is -0.390 e. The Kier molecular flexibility index (Phi) is 6.99. The number of rotatable bonds is 8. The zero-order chi connectivity index (χ0) is 14.3. The van der Waals surface area contributed by atoms with Crippen LogP contribution in [0, 0.1) is 0 Å². The lowest BCUT2D eigenvalue weighted by Crippen LogP contribution is -2.44. The Balaban J connectivity index is 4.35. The number of aliphatic hydroxyl groups is 3. The number of nitrogens with zero attached hydrogens (tertiary/aromatic N) is 3. The molecule has 0 aromatic heterocycles. The summed E-state index contributed by atoms with van der Waals surface area (Å²) in [5.74, 6) is -1.24. The molecular weight excluding hydrogens is 273 g/mol. The standard InChI is InChI=1S/C6H12N3O8P/c7-9-8-1-3(10)5(12)6(13)4(11)2-17-18(14,15)16/h3,5-6,10,12-13H,1-2H2,(H2,14,15,16). The number of aliphatic hydroxyl groups excluding tert-OH is 3. The van der Waals surface area contributed by atoms with Crippen molar-refractivity contribution in [3.63, 3.8) is 0 Å². The number of azide groups is 1. The number of ketones is 1.